The fourth-order valence-corrected chi connectivity index (χ4v) is 3.58. The maximum Gasteiger partial charge on any atom is 0.422 e. The van der Waals surface area contributed by atoms with Crippen molar-refractivity contribution in [1.82, 2.24) is 15.3 Å². The smallest absolute Gasteiger partial charge is 0.422 e. The van der Waals surface area contributed by atoms with Crippen LogP contribution in [-0.4, -0.2) is 58.9 Å². The third-order valence-electron chi connectivity index (χ3n) is 5.65. The molecule has 0 radical (unpaired) electrons. The number of halogens is 3. The molecule has 1 aliphatic rings. The zero-order chi connectivity index (χ0) is 26.5. The molecule has 3 N–H and O–H groups in total. The molecule has 3 heterocycles. The molecule has 1 unspecified atom stereocenters. The van der Waals surface area contributed by atoms with Gasteiger partial charge < -0.3 is 25.4 Å². The van der Waals surface area contributed by atoms with E-state index >= 15 is 0 Å². The topological polar surface area (TPSA) is 117 Å². The lowest BCUT2D eigenvalue weighted by Gasteiger charge is -2.32. The van der Waals surface area contributed by atoms with Crippen molar-refractivity contribution in [2.45, 2.75) is 51.9 Å². The van der Waals surface area contributed by atoms with E-state index in [9.17, 15) is 27.9 Å². The average molecular weight is 510 g/mol. The summed E-state index contributed by atoms with van der Waals surface area (Å²) in [5, 5.41) is 15.4. The number of aliphatic hydroxyl groups is 1. The first-order valence-electron chi connectivity index (χ1n) is 11.6. The van der Waals surface area contributed by atoms with E-state index in [-0.39, 0.29) is 29.1 Å². The molecule has 0 aromatic carbocycles. The van der Waals surface area contributed by atoms with Crippen molar-refractivity contribution in [3.63, 3.8) is 0 Å². The third-order valence-corrected chi connectivity index (χ3v) is 5.65. The summed E-state index contributed by atoms with van der Waals surface area (Å²) >= 11 is 0. The summed E-state index contributed by atoms with van der Waals surface area (Å²) in [5.74, 6) is -0.608. The van der Waals surface area contributed by atoms with Crippen molar-refractivity contribution in [2.24, 2.45) is 5.92 Å². The molecule has 0 spiro atoms. The highest BCUT2D eigenvalue weighted by Gasteiger charge is 2.30. The number of hydrogen-bond donors (Lipinski definition) is 3. The lowest BCUT2D eigenvalue weighted by molar-refractivity contribution is -0.154. The van der Waals surface area contributed by atoms with Crippen molar-refractivity contribution in [2.75, 3.05) is 29.9 Å². The van der Waals surface area contributed by atoms with Crippen LogP contribution in [0.15, 0.2) is 30.5 Å². The molecule has 12 heteroatoms. The number of anilines is 2. The van der Waals surface area contributed by atoms with Crippen LogP contribution in [0.1, 0.15) is 55.6 Å². The number of amides is 2. The van der Waals surface area contributed by atoms with Gasteiger partial charge in [-0.3, -0.25) is 9.59 Å². The fraction of sp³-hybridized carbons (Fsp3) is 0.500. The molecule has 0 bridgehead atoms. The Balaban J connectivity index is 1.80. The quantitative estimate of drug-likeness (QED) is 0.499. The Morgan fingerprint density at radius 3 is 2.53 bits per heavy atom. The zero-order valence-corrected chi connectivity index (χ0v) is 20.3. The summed E-state index contributed by atoms with van der Waals surface area (Å²) < 4.78 is 42.6. The highest BCUT2D eigenvalue weighted by Crippen LogP contribution is 2.27. The fourth-order valence-electron chi connectivity index (χ4n) is 3.58. The van der Waals surface area contributed by atoms with Gasteiger partial charge in [-0.2, -0.15) is 18.2 Å². The van der Waals surface area contributed by atoms with E-state index in [1.807, 2.05) is 0 Å². The Morgan fingerprint density at radius 1 is 1.19 bits per heavy atom. The third kappa shape index (κ3) is 7.54. The minimum Gasteiger partial charge on any atom is -0.468 e. The van der Waals surface area contributed by atoms with E-state index in [1.54, 1.807) is 37.8 Å². The van der Waals surface area contributed by atoms with Crippen molar-refractivity contribution in [1.29, 1.82) is 0 Å². The van der Waals surface area contributed by atoms with E-state index in [4.69, 9.17) is 4.74 Å². The Hall–Kier alpha value is -3.41. The Kier molecular flexibility index (Phi) is 8.72. The van der Waals surface area contributed by atoms with Crippen LogP contribution in [0.5, 0.6) is 5.88 Å². The molecule has 2 amide bonds. The second-order valence-corrected chi connectivity index (χ2v) is 8.96. The number of pyridine rings is 2. The van der Waals surface area contributed by atoms with E-state index in [0.717, 1.165) is 0 Å². The highest BCUT2D eigenvalue weighted by atomic mass is 19.4. The van der Waals surface area contributed by atoms with Crippen molar-refractivity contribution >= 4 is 23.5 Å². The molecule has 2 aromatic heterocycles. The van der Waals surface area contributed by atoms with Gasteiger partial charge in [0.15, 0.2) is 6.61 Å². The predicted molar refractivity (Wildman–Crippen MR) is 127 cm³/mol. The lowest BCUT2D eigenvalue weighted by atomic mass is 10.1. The summed E-state index contributed by atoms with van der Waals surface area (Å²) in [5.41, 5.74) is 0.859. The van der Waals surface area contributed by atoms with Gasteiger partial charge in [-0.1, -0.05) is 13.8 Å². The molecule has 1 fully saturated rings. The van der Waals surface area contributed by atoms with E-state index < -0.39 is 30.8 Å². The van der Waals surface area contributed by atoms with Crippen LogP contribution >= 0.6 is 0 Å². The molecule has 196 valence electrons. The Morgan fingerprint density at radius 2 is 1.89 bits per heavy atom. The number of nitrogens with zero attached hydrogens (tertiary/aromatic N) is 3. The Labute approximate surface area is 207 Å². The molecule has 1 aliphatic heterocycles. The van der Waals surface area contributed by atoms with E-state index in [0.29, 0.717) is 37.3 Å². The molecule has 2 aromatic rings. The van der Waals surface area contributed by atoms with Crippen LogP contribution in [0.4, 0.5) is 24.8 Å². The number of ether oxygens (including phenoxy) is 1. The summed E-state index contributed by atoms with van der Waals surface area (Å²) in [6.07, 6.45) is -2.61. The predicted octanol–water partition coefficient (Wildman–Crippen LogP) is 3.46. The second kappa shape index (κ2) is 11.5. The number of nitrogens with one attached hydrogen (secondary N) is 2. The average Bonchev–Trinajstić information content (AvgIpc) is 2.82. The normalized spacial score (nSPS) is 15.5. The van der Waals surface area contributed by atoms with Crippen molar-refractivity contribution < 1.29 is 32.6 Å². The first-order valence-corrected chi connectivity index (χ1v) is 11.6. The first kappa shape index (κ1) is 27.2. The van der Waals surface area contributed by atoms with Gasteiger partial charge in [0, 0.05) is 31.3 Å². The number of carbonyl (C=O) groups excluding carboxylic acids is 2. The second-order valence-electron chi connectivity index (χ2n) is 8.96. The largest absolute Gasteiger partial charge is 0.468 e. The first-order chi connectivity index (χ1) is 16.9. The number of piperidine rings is 1. The zero-order valence-electron chi connectivity index (χ0n) is 20.3. The molecular formula is C24H30F3N5O4. The molecule has 1 atom stereocenters. The van der Waals surface area contributed by atoms with Gasteiger partial charge in [-0.15, -0.1) is 0 Å². The lowest BCUT2D eigenvalue weighted by Crippen LogP contribution is -2.38. The highest BCUT2D eigenvalue weighted by molar-refractivity contribution is 5.99. The summed E-state index contributed by atoms with van der Waals surface area (Å²) in [7, 11) is 0. The minimum atomic E-state index is -4.53. The monoisotopic (exact) mass is 509 g/mol. The number of carbonyl (C=O) groups is 2. The van der Waals surface area contributed by atoms with Gasteiger partial charge in [-0.25, -0.2) is 4.98 Å². The van der Waals surface area contributed by atoms with E-state index in [1.165, 1.54) is 18.3 Å². The van der Waals surface area contributed by atoms with Crippen molar-refractivity contribution in [3.05, 3.63) is 41.6 Å². The molecule has 3 rings (SSSR count). The molecule has 36 heavy (non-hydrogen) atoms. The van der Waals surface area contributed by atoms with Crippen LogP contribution in [-0.2, 0) is 4.79 Å². The van der Waals surface area contributed by atoms with Gasteiger partial charge >= 0.3 is 6.18 Å². The summed E-state index contributed by atoms with van der Waals surface area (Å²) in [4.78, 5) is 35.2. The number of alkyl halides is 3. The van der Waals surface area contributed by atoms with Gasteiger partial charge in [0.25, 0.3) is 5.91 Å². The SMILES string of the molecule is CC(C)C(=O)Nc1cc(C(C)NC(=O)c2ccc(OCC(F)(F)F)nc2N2CCC(O)CC2)ccn1. The number of hydrogen-bond acceptors (Lipinski definition) is 7. The number of aliphatic hydroxyl groups excluding tert-OH is 1. The van der Waals surface area contributed by atoms with Gasteiger partial charge in [0.1, 0.15) is 11.6 Å². The Bertz CT molecular complexity index is 1070. The maximum absolute atomic E-state index is 13.2. The maximum atomic E-state index is 13.2. The molecule has 9 nitrogen and oxygen atoms in total. The molecular weight excluding hydrogens is 479 g/mol. The van der Waals surface area contributed by atoms with Gasteiger partial charge in [0.2, 0.25) is 11.8 Å². The van der Waals surface area contributed by atoms with Gasteiger partial charge in [0.05, 0.1) is 17.7 Å². The number of rotatable bonds is 8. The van der Waals surface area contributed by atoms with Crippen LogP contribution in [0.3, 0.4) is 0 Å². The molecule has 0 aliphatic carbocycles. The van der Waals surface area contributed by atoms with Crippen LogP contribution in [0.25, 0.3) is 0 Å². The van der Waals surface area contributed by atoms with E-state index in [2.05, 4.69) is 20.6 Å². The summed E-state index contributed by atoms with van der Waals surface area (Å²) in [6.45, 7) is 4.54. The number of aromatic nitrogens is 2. The van der Waals surface area contributed by atoms with Crippen LogP contribution in [0, 0.1) is 5.92 Å². The van der Waals surface area contributed by atoms with Crippen LogP contribution < -0.4 is 20.3 Å². The standard InChI is InChI=1S/C24H30F3N5O4/c1-14(2)22(34)30-19-12-16(6-9-28-19)15(3)29-23(35)18-4-5-20(36-13-24(25,26)27)31-21(18)32-10-7-17(33)8-11-32/h4-6,9,12,14-15,17,33H,7-8,10-11,13H2,1-3H3,(H,29,35)(H,28,30,34). The molecule has 1 saturated heterocycles. The van der Waals surface area contributed by atoms with Crippen molar-refractivity contribution in [3.8, 4) is 5.88 Å². The van der Waals surface area contributed by atoms with Gasteiger partial charge in [-0.05, 0) is 43.5 Å². The van der Waals surface area contributed by atoms with Crippen LogP contribution in [0.2, 0.25) is 0 Å². The minimum absolute atomic E-state index is 0.167. The summed E-state index contributed by atoms with van der Waals surface area (Å²) in [6, 6.07) is 5.48. The molecule has 0 saturated carbocycles.